The van der Waals surface area contributed by atoms with Gasteiger partial charge in [0.2, 0.25) is 0 Å². The molecule has 1 atom stereocenters. The Hall–Kier alpha value is -1.17. The number of ether oxygens (including phenoxy) is 1. The van der Waals surface area contributed by atoms with Gasteiger partial charge in [0.05, 0.1) is 6.61 Å². The molecule has 106 valence electrons. The maximum absolute atomic E-state index is 5.22. The van der Waals surface area contributed by atoms with E-state index in [4.69, 9.17) is 4.74 Å². The van der Waals surface area contributed by atoms with Crippen LogP contribution in [0.2, 0.25) is 0 Å². The molecule has 2 heterocycles. The standard InChI is InChI=1S/C14H24N4O/c1-15-13(12-19-2)11-17-7-9-18(10-8-17)14-5-3-4-6-16-14/h3-6,13,15H,7-12H2,1-2H3. The number of nitrogens with zero attached hydrogens (tertiary/aromatic N) is 3. The Labute approximate surface area is 115 Å². The van der Waals surface area contributed by atoms with Gasteiger partial charge in [-0.05, 0) is 19.2 Å². The van der Waals surface area contributed by atoms with Gasteiger partial charge in [-0.3, -0.25) is 4.90 Å². The number of piperazine rings is 1. The Morgan fingerprint density at radius 2 is 2.11 bits per heavy atom. The Morgan fingerprint density at radius 3 is 2.68 bits per heavy atom. The van der Waals surface area contributed by atoms with Crippen molar-refractivity contribution in [2.45, 2.75) is 6.04 Å². The van der Waals surface area contributed by atoms with E-state index < -0.39 is 0 Å². The van der Waals surface area contributed by atoms with E-state index >= 15 is 0 Å². The summed E-state index contributed by atoms with van der Waals surface area (Å²) < 4.78 is 5.22. The molecule has 1 unspecified atom stereocenters. The Morgan fingerprint density at radius 1 is 1.32 bits per heavy atom. The lowest BCUT2D eigenvalue weighted by atomic mass is 10.2. The summed E-state index contributed by atoms with van der Waals surface area (Å²) in [6.45, 7) is 6.05. The summed E-state index contributed by atoms with van der Waals surface area (Å²) in [6.07, 6.45) is 1.86. The molecule has 2 rings (SSSR count). The number of methoxy groups -OCH3 is 1. The van der Waals surface area contributed by atoms with Gasteiger partial charge >= 0.3 is 0 Å². The molecule has 1 saturated heterocycles. The van der Waals surface area contributed by atoms with Gasteiger partial charge in [0, 0.05) is 52.1 Å². The summed E-state index contributed by atoms with van der Waals surface area (Å²) >= 11 is 0. The zero-order valence-electron chi connectivity index (χ0n) is 11.9. The molecule has 0 bridgehead atoms. The SMILES string of the molecule is CNC(COC)CN1CCN(c2ccccn2)CC1. The molecule has 5 heteroatoms. The van der Waals surface area contributed by atoms with Gasteiger partial charge in [0.15, 0.2) is 0 Å². The van der Waals surface area contributed by atoms with Gasteiger partial charge in [0.25, 0.3) is 0 Å². The number of nitrogens with one attached hydrogen (secondary N) is 1. The molecule has 1 fully saturated rings. The minimum atomic E-state index is 0.409. The monoisotopic (exact) mass is 264 g/mol. The van der Waals surface area contributed by atoms with Crippen LogP contribution in [0.25, 0.3) is 0 Å². The minimum absolute atomic E-state index is 0.409. The fourth-order valence-electron chi connectivity index (χ4n) is 2.44. The van der Waals surface area contributed by atoms with Crippen LogP contribution >= 0.6 is 0 Å². The number of hydrogen-bond donors (Lipinski definition) is 1. The minimum Gasteiger partial charge on any atom is -0.383 e. The molecule has 0 aromatic carbocycles. The first-order chi connectivity index (χ1) is 9.33. The van der Waals surface area contributed by atoms with Crippen molar-refractivity contribution >= 4 is 5.82 Å². The highest BCUT2D eigenvalue weighted by Gasteiger charge is 2.20. The first-order valence-electron chi connectivity index (χ1n) is 6.88. The summed E-state index contributed by atoms with van der Waals surface area (Å²) in [4.78, 5) is 9.24. The number of pyridine rings is 1. The molecule has 1 aliphatic heterocycles. The largest absolute Gasteiger partial charge is 0.383 e. The smallest absolute Gasteiger partial charge is 0.128 e. The predicted molar refractivity (Wildman–Crippen MR) is 77.6 cm³/mol. The number of aromatic nitrogens is 1. The van der Waals surface area contributed by atoms with Crippen molar-refractivity contribution in [1.82, 2.24) is 15.2 Å². The van der Waals surface area contributed by atoms with Crippen molar-refractivity contribution < 1.29 is 4.74 Å². The molecule has 1 aliphatic rings. The lowest BCUT2D eigenvalue weighted by Crippen LogP contribution is -2.51. The average Bonchev–Trinajstić information content (AvgIpc) is 2.48. The van der Waals surface area contributed by atoms with Crippen LogP contribution < -0.4 is 10.2 Å². The van der Waals surface area contributed by atoms with Gasteiger partial charge < -0.3 is 15.0 Å². The van der Waals surface area contributed by atoms with Crippen molar-refractivity contribution in [2.24, 2.45) is 0 Å². The Balaban J connectivity index is 1.79. The van der Waals surface area contributed by atoms with Crippen LogP contribution in [-0.4, -0.2) is 69.4 Å². The van der Waals surface area contributed by atoms with Gasteiger partial charge in [0.1, 0.15) is 5.82 Å². The molecule has 0 spiro atoms. The highest BCUT2D eigenvalue weighted by Crippen LogP contribution is 2.12. The van der Waals surface area contributed by atoms with Gasteiger partial charge in [-0.15, -0.1) is 0 Å². The molecule has 1 N–H and O–H groups in total. The van der Waals surface area contributed by atoms with Crippen LogP contribution in [0, 0.1) is 0 Å². The van der Waals surface area contributed by atoms with E-state index in [9.17, 15) is 0 Å². The normalized spacial score (nSPS) is 18.5. The van der Waals surface area contributed by atoms with E-state index in [1.807, 2.05) is 25.4 Å². The maximum Gasteiger partial charge on any atom is 0.128 e. The molecule has 0 radical (unpaired) electrons. The zero-order chi connectivity index (χ0) is 13.5. The van der Waals surface area contributed by atoms with E-state index in [0.717, 1.165) is 45.1 Å². The lowest BCUT2D eigenvalue weighted by Gasteiger charge is -2.36. The zero-order valence-corrected chi connectivity index (χ0v) is 11.9. The van der Waals surface area contributed by atoms with E-state index in [1.165, 1.54) is 0 Å². The van der Waals surface area contributed by atoms with Gasteiger partial charge in [-0.1, -0.05) is 6.07 Å². The first-order valence-corrected chi connectivity index (χ1v) is 6.88. The molecule has 0 aliphatic carbocycles. The van der Waals surface area contributed by atoms with Crippen molar-refractivity contribution in [3.05, 3.63) is 24.4 Å². The van der Waals surface area contributed by atoms with Crippen LogP contribution in [0.1, 0.15) is 0 Å². The van der Waals surface area contributed by atoms with E-state index in [-0.39, 0.29) is 0 Å². The average molecular weight is 264 g/mol. The van der Waals surface area contributed by atoms with E-state index in [2.05, 4.69) is 26.2 Å². The number of rotatable bonds is 6. The summed E-state index contributed by atoms with van der Waals surface area (Å²) in [6, 6.07) is 6.50. The van der Waals surface area contributed by atoms with Crippen LogP contribution in [0.4, 0.5) is 5.82 Å². The topological polar surface area (TPSA) is 40.6 Å². The summed E-state index contributed by atoms with van der Waals surface area (Å²) in [5.41, 5.74) is 0. The Kier molecular flexibility index (Phi) is 5.57. The van der Waals surface area contributed by atoms with E-state index in [0.29, 0.717) is 6.04 Å². The quantitative estimate of drug-likeness (QED) is 0.807. The predicted octanol–water partition coefficient (Wildman–Crippen LogP) is 0.438. The molecule has 0 saturated carbocycles. The molecular formula is C14H24N4O. The van der Waals surface area contributed by atoms with Crippen molar-refractivity contribution in [1.29, 1.82) is 0 Å². The van der Waals surface area contributed by atoms with Crippen molar-refractivity contribution in [3.63, 3.8) is 0 Å². The molecular weight excluding hydrogens is 240 g/mol. The van der Waals surface area contributed by atoms with Crippen LogP contribution in [0.5, 0.6) is 0 Å². The fraction of sp³-hybridized carbons (Fsp3) is 0.643. The number of likely N-dealkylation sites (N-methyl/N-ethyl adjacent to an activating group) is 1. The second-order valence-corrected chi connectivity index (χ2v) is 4.92. The third kappa shape index (κ3) is 4.16. The molecule has 19 heavy (non-hydrogen) atoms. The fourth-order valence-corrected chi connectivity index (χ4v) is 2.44. The van der Waals surface area contributed by atoms with Gasteiger partial charge in [-0.2, -0.15) is 0 Å². The maximum atomic E-state index is 5.22. The molecule has 1 aromatic rings. The summed E-state index contributed by atoms with van der Waals surface area (Å²) in [5, 5.41) is 3.30. The Bertz CT molecular complexity index is 352. The number of anilines is 1. The summed E-state index contributed by atoms with van der Waals surface area (Å²) in [7, 11) is 3.75. The summed E-state index contributed by atoms with van der Waals surface area (Å²) in [5.74, 6) is 1.09. The second-order valence-electron chi connectivity index (χ2n) is 4.92. The van der Waals surface area contributed by atoms with Gasteiger partial charge in [-0.25, -0.2) is 4.98 Å². The van der Waals surface area contributed by atoms with Crippen LogP contribution in [0.15, 0.2) is 24.4 Å². The molecule has 0 amide bonds. The highest BCUT2D eigenvalue weighted by molar-refractivity contribution is 5.38. The number of hydrogen-bond acceptors (Lipinski definition) is 5. The third-order valence-electron chi connectivity index (χ3n) is 3.60. The molecule has 5 nitrogen and oxygen atoms in total. The second kappa shape index (κ2) is 7.43. The highest BCUT2D eigenvalue weighted by atomic mass is 16.5. The van der Waals surface area contributed by atoms with Crippen LogP contribution in [0.3, 0.4) is 0 Å². The molecule has 1 aromatic heterocycles. The third-order valence-corrected chi connectivity index (χ3v) is 3.60. The van der Waals surface area contributed by atoms with E-state index in [1.54, 1.807) is 7.11 Å². The van der Waals surface area contributed by atoms with Crippen LogP contribution in [-0.2, 0) is 4.74 Å². The van der Waals surface area contributed by atoms with Crippen molar-refractivity contribution in [2.75, 3.05) is 58.4 Å². The first kappa shape index (κ1) is 14.2. The lowest BCUT2D eigenvalue weighted by molar-refractivity contribution is 0.138. The van der Waals surface area contributed by atoms with Crippen molar-refractivity contribution in [3.8, 4) is 0 Å².